The Labute approximate surface area is 158 Å². The average molecular weight is 358 g/mol. The fourth-order valence-electron chi connectivity index (χ4n) is 3.02. The Balaban J connectivity index is 1.34. The first-order valence-electron chi connectivity index (χ1n) is 8.49. The van der Waals surface area contributed by atoms with Gasteiger partial charge in [-0.2, -0.15) is 10.2 Å². The van der Waals surface area contributed by atoms with Gasteiger partial charge in [-0.3, -0.25) is 10.9 Å². The summed E-state index contributed by atoms with van der Waals surface area (Å²) in [6.07, 6.45) is 9.72. The zero-order valence-corrected chi connectivity index (χ0v) is 15.0. The van der Waals surface area contributed by atoms with Crippen molar-refractivity contribution >= 4 is 40.9 Å². The Morgan fingerprint density at radius 1 is 0.692 bits per heavy atom. The van der Waals surface area contributed by atoms with Crippen LogP contribution in [0.4, 0.5) is 0 Å². The van der Waals surface area contributed by atoms with Crippen LogP contribution in [-0.2, 0) is 12.8 Å². The number of rotatable bonds is 2. The molecule has 0 aliphatic heterocycles. The van der Waals surface area contributed by atoms with Crippen LogP contribution in [0.5, 0.6) is 0 Å². The molecule has 4 nitrogen and oxygen atoms in total. The van der Waals surface area contributed by atoms with Crippen molar-refractivity contribution in [2.24, 2.45) is 10.2 Å². The summed E-state index contributed by atoms with van der Waals surface area (Å²) in [6.45, 7) is 0. The topological polar surface area (TPSA) is 48.8 Å². The van der Waals surface area contributed by atoms with Crippen molar-refractivity contribution in [1.82, 2.24) is 10.9 Å². The largest absolute Gasteiger partial charge is 0.252 e. The van der Waals surface area contributed by atoms with Gasteiger partial charge in [0.1, 0.15) is 0 Å². The molecule has 0 unspecified atom stereocenters. The molecule has 2 aliphatic carbocycles. The van der Waals surface area contributed by atoms with E-state index in [-0.39, 0.29) is 0 Å². The maximum absolute atomic E-state index is 5.26. The van der Waals surface area contributed by atoms with E-state index in [1.54, 1.807) is 0 Å². The Kier molecular flexibility index (Phi) is 4.71. The van der Waals surface area contributed by atoms with Crippen molar-refractivity contribution in [3.05, 3.63) is 82.9 Å². The standard InChI is InChI=1S/C21H18N4S/c26-21(24-22-19-11-9-15-5-1-3-7-17(15)13-19)25-23-20-12-10-16-6-2-4-8-18(16)14-20/h1-12H,13-14H2,(H2,24,25,26)/b22-19-,23-20+. The molecule has 0 aromatic heterocycles. The Morgan fingerprint density at radius 2 is 1.15 bits per heavy atom. The molecule has 128 valence electrons. The first kappa shape index (κ1) is 16.4. The minimum Gasteiger partial charge on any atom is -0.252 e. The van der Waals surface area contributed by atoms with E-state index in [1.807, 2.05) is 36.4 Å². The highest BCUT2D eigenvalue weighted by atomic mass is 32.1. The molecule has 0 fully saturated rings. The van der Waals surface area contributed by atoms with Gasteiger partial charge >= 0.3 is 0 Å². The minimum absolute atomic E-state index is 0.379. The quantitative estimate of drug-likeness (QED) is 0.636. The third-order valence-corrected chi connectivity index (χ3v) is 4.55. The third-order valence-electron chi connectivity index (χ3n) is 4.37. The van der Waals surface area contributed by atoms with Crippen LogP contribution in [-0.4, -0.2) is 16.5 Å². The van der Waals surface area contributed by atoms with E-state index in [1.165, 1.54) is 22.3 Å². The van der Waals surface area contributed by atoms with Gasteiger partial charge in [0.25, 0.3) is 0 Å². The SMILES string of the molecule is S=C(N/N=C1\C=Cc2ccccc2C1)N/N=C1/C=Cc2ccccc2C1. The van der Waals surface area contributed by atoms with Crippen LogP contribution >= 0.6 is 12.2 Å². The van der Waals surface area contributed by atoms with Crippen LogP contribution in [0.1, 0.15) is 22.3 Å². The molecule has 26 heavy (non-hydrogen) atoms. The highest BCUT2D eigenvalue weighted by molar-refractivity contribution is 7.80. The first-order chi connectivity index (χ1) is 12.8. The summed E-state index contributed by atoms with van der Waals surface area (Å²) < 4.78 is 0. The molecule has 0 saturated carbocycles. The zero-order valence-electron chi connectivity index (χ0n) is 14.1. The van der Waals surface area contributed by atoms with E-state index in [9.17, 15) is 0 Å². The average Bonchev–Trinajstić information content (AvgIpc) is 2.70. The summed E-state index contributed by atoms with van der Waals surface area (Å²) in [5, 5.41) is 9.12. The molecular formula is C21H18N4S. The van der Waals surface area contributed by atoms with Gasteiger partial charge in [0.2, 0.25) is 5.11 Å². The minimum atomic E-state index is 0.379. The number of nitrogens with one attached hydrogen (secondary N) is 2. The highest BCUT2D eigenvalue weighted by Crippen LogP contribution is 2.18. The molecule has 0 bridgehead atoms. The van der Waals surface area contributed by atoms with Crippen molar-refractivity contribution in [2.45, 2.75) is 12.8 Å². The van der Waals surface area contributed by atoms with Gasteiger partial charge in [-0.05, 0) is 46.6 Å². The Morgan fingerprint density at radius 3 is 1.65 bits per heavy atom. The number of benzene rings is 2. The number of thiocarbonyl (C=S) groups is 1. The molecule has 4 rings (SSSR count). The van der Waals surface area contributed by atoms with E-state index < -0.39 is 0 Å². The van der Waals surface area contributed by atoms with E-state index in [0.29, 0.717) is 5.11 Å². The van der Waals surface area contributed by atoms with Crippen molar-refractivity contribution in [3.63, 3.8) is 0 Å². The van der Waals surface area contributed by atoms with Crippen molar-refractivity contribution in [2.75, 3.05) is 0 Å². The van der Waals surface area contributed by atoms with Crippen LogP contribution in [0.3, 0.4) is 0 Å². The summed E-state index contributed by atoms with van der Waals surface area (Å²) in [5.74, 6) is 0. The molecule has 2 aromatic rings. The first-order valence-corrected chi connectivity index (χ1v) is 8.90. The number of nitrogens with zero attached hydrogens (tertiary/aromatic N) is 2. The van der Waals surface area contributed by atoms with Gasteiger partial charge in [0, 0.05) is 12.8 Å². The maximum atomic E-state index is 5.26. The van der Waals surface area contributed by atoms with Gasteiger partial charge in [-0.15, -0.1) is 0 Å². The maximum Gasteiger partial charge on any atom is 0.207 e. The lowest BCUT2D eigenvalue weighted by Crippen LogP contribution is -2.30. The van der Waals surface area contributed by atoms with Gasteiger partial charge in [-0.25, -0.2) is 0 Å². The number of allylic oxidation sites excluding steroid dienone is 2. The molecule has 0 heterocycles. The van der Waals surface area contributed by atoms with E-state index in [4.69, 9.17) is 12.2 Å². The molecule has 0 spiro atoms. The highest BCUT2D eigenvalue weighted by Gasteiger charge is 2.09. The second kappa shape index (κ2) is 7.45. The van der Waals surface area contributed by atoms with Crippen LogP contribution in [0.15, 0.2) is 70.9 Å². The van der Waals surface area contributed by atoms with Crippen molar-refractivity contribution in [3.8, 4) is 0 Å². The van der Waals surface area contributed by atoms with Gasteiger partial charge in [0.05, 0.1) is 11.4 Å². The summed E-state index contributed by atoms with van der Waals surface area (Å²) in [4.78, 5) is 0. The lowest BCUT2D eigenvalue weighted by Gasteiger charge is -2.13. The molecule has 5 heteroatoms. The van der Waals surface area contributed by atoms with E-state index in [2.05, 4.69) is 57.5 Å². The second-order valence-corrected chi connectivity index (χ2v) is 6.59. The second-order valence-electron chi connectivity index (χ2n) is 6.18. The van der Waals surface area contributed by atoms with Gasteiger partial charge in [0.15, 0.2) is 0 Å². The number of fused-ring (bicyclic) bond motifs is 2. The smallest absolute Gasteiger partial charge is 0.207 e. The molecule has 0 saturated heterocycles. The summed E-state index contributed by atoms with van der Waals surface area (Å²) >= 11 is 5.26. The van der Waals surface area contributed by atoms with Crippen LogP contribution in [0.2, 0.25) is 0 Å². The normalized spacial score (nSPS) is 17.7. The fourth-order valence-corrected chi connectivity index (χ4v) is 3.11. The van der Waals surface area contributed by atoms with Crippen LogP contribution in [0.25, 0.3) is 12.2 Å². The summed E-state index contributed by atoms with van der Waals surface area (Å²) in [5.41, 5.74) is 12.6. The van der Waals surface area contributed by atoms with Crippen molar-refractivity contribution in [1.29, 1.82) is 0 Å². The van der Waals surface area contributed by atoms with Crippen LogP contribution in [0, 0.1) is 0 Å². The Bertz CT molecular complexity index is 892. The van der Waals surface area contributed by atoms with Crippen molar-refractivity contribution < 1.29 is 0 Å². The number of hydrogen-bond donors (Lipinski definition) is 2. The van der Waals surface area contributed by atoms with Gasteiger partial charge in [-0.1, -0.05) is 60.7 Å². The summed E-state index contributed by atoms with van der Waals surface area (Å²) in [7, 11) is 0. The van der Waals surface area contributed by atoms with E-state index >= 15 is 0 Å². The monoisotopic (exact) mass is 358 g/mol. The van der Waals surface area contributed by atoms with Gasteiger partial charge < -0.3 is 0 Å². The lowest BCUT2D eigenvalue weighted by molar-refractivity contribution is 0.919. The predicted octanol–water partition coefficient (Wildman–Crippen LogP) is 3.70. The Hall–Kier alpha value is -3.05. The molecular weight excluding hydrogens is 340 g/mol. The number of hydrogen-bond acceptors (Lipinski definition) is 3. The molecule has 2 aliphatic rings. The molecule has 2 aromatic carbocycles. The lowest BCUT2D eigenvalue weighted by atomic mass is 9.96. The summed E-state index contributed by atoms with van der Waals surface area (Å²) in [6, 6.07) is 16.6. The molecule has 0 amide bonds. The van der Waals surface area contributed by atoms with Crippen LogP contribution < -0.4 is 10.9 Å². The third kappa shape index (κ3) is 3.78. The zero-order chi connectivity index (χ0) is 17.8. The molecule has 0 radical (unpaired) electrons. The number of hydrazone groups is 2. The van der Waals surface area contributed by atoms with E-state index in [0.717, 1.165) is 24.3 Å². The fraction of sp³-hybridized carbons (Fsp3) is 0.0952. The predicted molar refractivity (Wildman–Crippen MR) is 112 cm³/mol. The molecule has 0 atom stereocenters. The molecule has 2 N–H and O–H groups in total.